The van der Waals surface area contributed by atoms with Gasteiger partial charge < -0.3 is 14.5 Å². The number of nitrogens with one attached hydrogen (secondary N) is 1. The van der Waals surface area contributed by atoms with Crippen LogP contribution in [0.5, 0.6) is 0 Å². The molecule has 0 atom stereocenters. The molecule has 10 heteroatoms. The van der Waals surface area contributed by atoms with Crippen LogP contribution >= 0.6 is 0 Å². The van der Waals surface area contributed by atoms with Crippen molar-refractivity contribution in [1.29, 1.82) is 0 Å². The number of aromatic nitrogens is 5. The van der Waals surface area contributed by atoms with Crippen LogP contribution in [0.3, 0.4) is 0 Å². The maximum absolute atomic E-state index is 13.5. The fraction of sp³-hybridized carbons (Fsp3) is 0.111. The number of pyridine rings is 1. The predicted molar refractivity (Wildman–Crippen MR) is 132 cm³/mol. The van der Waals surface area contributed by atoms with Gasteiger partial charge in [-0.2, -0.15) is 0 Å². The molecule has 191 valence electrons. The Hall–Kier alpha value is -4.01. The van der Waals surface area contributed by atoms with Gasteiger partial charge in [0.15, 0.2) is 11.2 Å². The fourth-order valence-electron chi connectivity index (χ4n) is 3.89. The van der Waals surface area contributed by atoms with Gasteiger partial charge in [0.25, 0.3) is 0 Å². The number of aromatic amines is 1. The third-order valence-corrected chi connectivity index (χ3v) is 5.26. The summed E-state index contributed by atoms with van der Waals surface area (Å²) in [6, 6.07) is 15.5. The van der Waals surface area contributed by atoms with E-state index in [-0.39, 0.29) is 20.1 Å². The van der Waals surface area contributed by atoms with E-state index in [4.69, 9.17) is 0 Å². The molecular weight excluding hydrogens is 657 g/mol. The van der Waals surface area contributed by atoms with Crippen molar-refractivity contribution >= 4 is 0 Å². The van der Waals surface area contributed by atoms with E-state index >= 15 is 0 Å². The first-order chi connectivity index (χ1) is 17.2. The van der Waals surface area contributed by atoms with Crippen molar-refractivity contribution in [3.8, 4) is 28.5 Å². The van der Waals surface area contributed by atoms with E-state index in [1.54, 1.807) is 30.6 Å². The van der Waals surface area contributed by atoms with Crippen molar-refractivity contribution in [1.82, 2.24) is 24.5 Å². The first-order valence-electron chi connectivity index (χ1n) is 10.9. The Balaban J connectivity index is 0.000000220. The molecule has 5 aromatic rings. The van der Waals surface area contributed by atoms with Gasteiger partial charge >= 0.3 is 0 Å². The first kappa shape index (κ1) is 27.6. The molecule has 0 unspecified atom stereocenters. The molecule has 0 fully saturated rings. The van der Waals surface area contributed by atoms with Crippen LogP contribution in [0, 0.1) is 38.5 Å². The molecule has 0 aliphatic heterocycles. The standard InChI is InChI=1S/C18H15F2N2.C9H7N3O2.Ir/c1-11-8-12(2)17(13(3)9-11)22-7-6-21-18(22)14-4-5-15(19)16(20)10-14;13-8-5-7(11-9(14)12-8)6-3-1-2-4-10-6;/h5-10H,1-3H3;1-5H,(H2,11,12,13,14);/q-1;;/p-1. The van der Waals surface area contributed by atoms with Crippen LogP contribution in [0.15, 0.2) is 76.7 Å². The normalized spacial score (nSPS) is 10.3. The second-order valence-corrected chi connectivity index (χ2v) is 8.06. The van der Waals surface area contributed by atoms with Crippen molar-refractivity contribution in [2.24, 2.45) is 0 Å². The molecule has 2 aromatic carbocycles. The van der Waals surface area contributed by atoms with Gasteiger partial charge in [0.1, 0.15) is 0 Å². The summed E-state index contributed by atoms with van der Waals surface area (Å²) < 4.78 is 28.5. The molecule has 3 aromatic heterocycles. The van der Waals surface area contributed by atoms with E-state index in [9.17, 15) is 18.4 Å². The summed E-state index contributed by atoms with van der Waals surface area (Å²) in [6.07, 6.45) is 5.03. The molecule has 0 saturated carbocycles. The number of hydrogen-bond donors (Lipinski definition) is 1. The van der Waals surface area contributed by atoms with E-state index < -0.39 is 22.9 Å². The van der Waals surface area contributed by atoms with Gasteiger partial charge in [0.05, 0.1) is 23.2 Å². The van der Waals surface area contributed by atoms with Crippen LogP contribution in [0.1, 0.15) is 16.7 Å². The molecule has 5 rings (SSSR count). The zero-order chi connectivity index (χ0) is 25.8. The maximum Gasteiger partial charge on any atom is 0.171 e. The van der Waals surface area contributed by atoms with Crippen molar-refractivity contribution < 1.29 is 28.9 Å². The van der Waals surface area contributed by atoms with E-state index in [1.807, 2.05) is 36.5 Å². The second-order valence-electron chi connectivity index (χ2n) is 8.06. The quantitative estimate of drug-likeness (QED) is 0.288. The number of H-pyrrole nitrogens is 1. The predicted octanol–water partition coefficient (Wildman–Crippen LogP) is 4.29. The summed E-state index contributed by atoms with van der Waals surface area (Å²) in [5.41, 5.74) is 4.47. The number of halogens is 2. The average Bonchev–Trinajstić information content (AvgIpc) is 3.30. The summed E-state index contributed by atoms with van der Waals surface area (Å²) >= 11 is 0. The molecule has 0 aliphatic carbocycles. The maximum atomic E-state index is 13.5. The van der Waals surface area contributed by atoms with E-state index in [2.05, 4.69) is 33.2 Å². The minimum Gasteiger partial charge on any atom is -0.399 e. The zero-order valence-electron chi connectivity index (χ0n) is 20.0. The van der Waals surface area contributed by atoms with Gasteiger partial charge in [-0.25, -0.2) is 4.39 Å². The summed E-state index contributed by atoms with van der Waals surface area (Å²) in [4.78, 5) is 35.8. The molecule has 0 aliphatic rings. The Labute approximate surface area is 224 Å². The van der Waals surface area contributed by atoms with E-state index in [1.165, 1.54) is 11.6 Å². The monoisotopic (exact) mass is 678 g/mol. The first-order valence-corrected chi connectivity index (χ1v) is 10.9. The van der Waals surface area contributed by atoms with Crippen LogP contribution in [0.4, 0.5) is 8.78 Å². The molecule has 0 spiro atoms. The van der Waals surface area contributed by atoms with Crippen molar-refractivity contribution in [2.75, 3.05) is 0 Å². The number of nitrogens with zero attached hydrogens (tertiary/aromatic N) is 4. The Morgan fingerprint density at radius 2 is 1.68 bits per heavy atom. The number of imidazole rings is 1. The SMILES string of the molecule is Cc1cc(C)c(-n2ccnc2-c2[c-]cc(F)c(F)c2)c(C)c1.O=c1cc(-c2ccccn2)[n-]c(=O)[nH]1.[Ir]. The van der Waals surface area contributed by atoms with Gasteiger partial charge in [-0.3, -0.25) is 23.9 Å². The number of aryl methyl sites for hydroxylation is 3. The van der Waals surface area contributed by atoms with Gasteiger partial charge in [0, 0.05) is 44.4 Å². The molecule has 0 saturated heterocycles. The van der Waals surface area contributed by atoms with Gasteiger partial charge in [-0.15, -0.1) is 23.8 Å². The number of benzene rings is 2. The van der Waals surface area contributed by atoms with Crippen molar-refractivity contribution in [3.63, 3.8) is 0 Å². The Kier molecular flexibility index (Phi) is 8.81. The third-order valence-electron chi connectivity index (χ3n) is 5.26. The van der Waals surface area contributed by atoms with Crippen molar-refractivity contribution in [2.45, 2.75) is 20.8 Å². The number of rotatable bonds is 3. The third kappa shape index (κ3) is 6.41. The van der Waals surface area contributed by atoms with Crippen LogP contribution in [-0.4, -0.2) is 19.5 Å². The molecule has 1 radical (unpaired) electrons. The molecule has 1 N–H and O–H groups in total. The van der Waals surface area contributed by atoms with Gasteiger partial charge in [0.2, 0.25) is 0 Å². The topological polar surface area (TPSA) is 94.7 Å². The summed E-state index contributed by atoms with van der Waals surface area (Å²) in [5.74, 6) is -1.28. The van der Waals surface area contributed by atoms with Crippen LogP contribution in [0.2, 0.25) is 0 Å². The smallest absolute Gasteiger partial charge is 0.171 e. The minimum absolute atomic E-state index is 0. The molecule has 7 nitrogen and oxygen atoms in total. The number of hydrogen-bond acceptors (Lipinski definition) is 4. The van der Waals surface area contributed by atoms with Gasteiger partial charge in [-0.1, -0.05) is 23.8 Å². The minimum atomic E-state index is -0.912. The Bertz CT molecular complexity index is 1590. The van der Waals surface area contributed by atoms with Crippen LogP contribution in [0.25, 0.3) is 28.5 Å². The fourth-order valence-corrected chi connectivity index (χ4v) is 3.89. The van der Waals surface area contributed by atoms with Crippen LogP contribution < -0.4 is 16.2 Å². The molecule has 0 bridgehead atoms. The molecule has 3 heterocycles. The molecular formula is C27H21F2IrN5O2-2. The summed E-state index contributed by atoms with van der Waals surface area (Å²) in [6.45, 7) is 6.09. The summed E-state index contributed by atoms with van der Waals surface area (Å²) in [5, 5.41) is 0. The zero-order valence-corrected chi connectivity index (χ0v) is 22.4. The molecule has 37 heavy (non-hydrogen) atoms. The summed E-state index contributed by atoms with van der Waals surface area (Å²) in [7, 11) is 0. The second kappa shape index (κ2) is 11.8. The van der Waals surface area contributed by atoms with Gasteiger partial charge in [-0.05, 0) is 55.8 Å². The average molecular weight is 678 g/mol. The Morgan fingerprint density at radius 1 is 0.946 bits per heavy atom. The van der Waals surface area contributed by atoms with Crippen LogP contribution in [-0.2, 0) is 20.1 Å². The van der Waals surface area contributed by atoms with E-state index in [0.29, 0.717) is 22.8 Å². The van der Waals surface area contributed by atoms with Crippen molar-refractivity contribution in [3.05, 3.63) is 122 Å². The Morgan fingerprint density at radius 3 is 2.30 bits per heavy atom. The molecule has 0 amide bonds. The van der Waals surface area contributed by atoms with E-state index in [0.717, 1.165) is 28.9 Å². The largest absolute Gasteiger partial charge is 0.399 e.